The first-order chi connectivity index (χ1) is 14.2. The zero-order valence-electron chi connectivity index (χ0n) is 17.8. The van der Waals surface area contributed by atoms with Gasteiger partial charge in [-0.2, -0.15) is 5.10 Å². The molecule has 1 aromatic heterocycles. The van der Waals surface area contributed by atoms with E-state index in [1.807, 2.05) is 4.90 Å². The number of nitrogens with zero attached hydrogens (tertiary/aromatic N) is 5. The predicted octanol–water partition coefficient (Wildman–Crippen LogP) is 1.68. The first kappa shape index (κ1) is 21.7. The number of likely N-dealkylation sites (N-methyl/N-ethyl adjacent to an activating group) is 1. The highest BCUT2D eigenvalue weighted by Crippen LogP contribution is 2.22. The molecule has 2 fully saturated rings. The van der Waals surface area contributed by atoms with Crippen molar-refractivity contribution in [2.24, 2.45) is 5.92 Å². The van der Waals surface area contributed by atoms with Gasteiger partial charge >= 0.3 is 0 Å². The quantitative estimate of drug-likeness (QED) is 0.641. The molecule has 1 atom stereocenters. The number of amides is 2. The number of piperidine rings is 1. The van der Waals surface area contributed by atoms with E-state index in [9.17, 15) is 9.59 Å². The summed E-state index contributed by atoms with van der Waals surface area (Å²) in [5.74, 6) is 0.969. The zero-order chi connectivity index (χ0) is 20.5. The highest BCUT2D eigenvalue weighted by Gasteiger charge is 2.25. The summed E-state index contributed by atoms with van der Waals surface area (Å²) in [4.78, 5) is 32.9. The minimum Gasteiger partial charge on any atom is -0.355 e. The number of carbonyl (C=O) groups is 2. The van der Waals surface area contributed by atoms with Crippen LogP contribution in [0.2, 0.25) is 0 Å². The van der Waals surface area contributed by atoms with Crippen LogP contribution in [0.15, 0.2) is 12.7 Å². The summed E-state index contributed by atoms with van der Waals surface area (Å²) in [5, 5.41) is 7.19. The maximum atomic E-state index is 12.4. The van der Waals surface area contributed by atoms with Crippen molar-refractivity contribution in [2.75, 3.05) is 32.7 Å². The lowest BCUT2D eigenvalue weighted by atomic mass is 9.92. The van der Waals surface area contributed by atoms with Crippen molar-refractivity contribution in [1.82, 2.24) is 29.9 Å². The molecule has 2 aliphatic heterocycles. The van der Waals surface area contributed by atoms with Crippen molar-refractivity contribution in [2.45, 2.75) is 70.9 Å². The summed E-state index contributed by atoms with van der Waals surface area (Å²) in [6.45, 7) is 7.58. The van der Waals surface area contributed by atoms with Crippen LogP contribution >= 0.6 is 0 Å². The summed E-state index contributed by atoms with van der Waals surface area (Å²) < 4.78 is 1.76. The lowest BCUT2D eigenvalue weighted by Crippen LogP contribution is -2.40. The molecule has 29 heavy (non-hydrogen) atoms. The predicted molar refractivity (Wildman–Crippen MR) is 111 cm³/mol. The van der Waals surface area contributed by atoms with E-state index in [0.717, 1.165) is 65.0 Å². The first-order valence-electron chi connectivity index (χ1n) is 11.3. The van der Waals surface area contributed by atoms with Crippen molar-refractivity contribution >= 4 is 11.8 Å². The van der Waals surface area contributed by atoms with Crippen LogP contribution in [0.3, 0.4) is 0 Å². The molecule has 0 bridgehead atoms. The fourth-order valence-corrected chi connectivity index (χ4v) is 4.57. The molecule has 0 spiro atoms. The largest absolute Gasteiger partial charge is 0.355 e. The van der Waals surface area contributed by atoms with Gasteiger partial charge in [0, 0.05) is 45.1 Å². The third-order valence-corrected chi connectivity index (χ3v) is 6.43. The smallest absolute Gasteiger partial charge is 0.222 e. The molecule has 0 saturated carbocycles. The second-order valence-electron chi connectivity index (χ2n) is 8.35. The monoisotopic (exact) mass is 404 g/mol. The molecule has 0 aromatic carbocycles. The van der Waals surface area contributed by atoms with Crippen LogP contribution in [0.4, 0.5) is 0 Å². The molecule has 8 heteroatoms. The Morgan fingerprint density at radius 2 is 1.97 bits per heavy atom. The Labute approximate surface area is 174 Å². The number of hydrogen-bond acceptors (Lipinski definition) is 5. The van der Waals surface area contributed by atoms with Crippen LogP contribution in [0.25, 0.3) is 0 Å². The molecule has 1 aromatic rings. The van der Waals surface area contributed by atoms with Crippen molar-refractivity contribution in [3.8, 4) is 0 Å². The minimum absolute atomic E-state index is 0.180. The third-order valence-electron chi connectivity index (χ3n) is 6.43. The molecule has 1 N–H and O–H groups in total. The summed E-state index contributed by atoms with van der Waals surface area (Å²) in [7, 11) is 0. The van der Waals surface area contributed by atoms with Gasteiger partial charge in [-0.3, -0.25) is 19.2 Å². The Morgan fingerprint density at radius 3 is 2.69 bits per heavy atom. The fourth-order valence-electron chi connectivity index (χ4n) is 4.57. The van der Waals surface area contributed by atoms with E-state index >= 15 is 0 Å². The van der Waals surface area contributed by atoms with Gasteiger partial charge in [-0.05, 0) is 57.5 Å². The van der Waals surface area contributed by atoms with E-state index < -0.39 is 0 Å². The SMILES string of the molecule is CCN1CCCC1CNC(=O)CCC1CCN(C(=O)CCCn2cncn2)CC1. The molecule has 8 nitrogen and oxygen atoms in total. The molecular formula is C21H36N6O2. The molecule has 2 saturated heterocycles. The number of carbonyl (C=O) groups excluding carboxylic acids is 2. The van der Waals surface area contributed by atoms with E-state index in [-0.39, 0.29) is 11.8 Å². The zero-order valence-corrected chi connectivity index (χ0v) is 17.8. The van der Waals surface area contributed by atoms with Gasteiger partial charge < -0.3 is 10.2 Å². The van der Waals surface area contributed by atoms with Crippen molar-refractivity contribution < 1.29 is 9.59 Å². The topological polar surface area (TPSA) is 83.4 Å². The average molecular weight is 405 g/mol. The molecule has 0 aliphatic carbocycles. The third kappa shape index (κ3) is 6.80. The second kappa shape index (κ2) is 11.3. The molecular weight excluding hydrogens is 368 g/mol. The van der Waals surface area contributed by atoms with E-state index in [1.165, 1.54) is 19.2 Å². The number of likely N-dealkylation sites (tertiary alicyclic amines) is 2. The highest BCUT2D eigenvalue weighted by atomic mass is 16.2. The first-order valence-corrected chi connectivity index (χ1v) is 11.3. The van der Waals surface area contributed by atoms with Gasteiger partial charge in [-0.1, -0.05) is 6.92 Å². The normalized spacial score (nSPS) is 20.9. The Hall–Kier alpha value is -1.96. The van der Waals surface area contributed by atoms with Gasteiger partial charge in [0.05, 0.1) is 0 Å². The van der Waals surface area contributed by atoms with Gasteiger partial charge in [0.15, 0.2) is 0 Å². The van der Waals surface area contributed by atoms with Crippen LogP contribution in [-0.2, 0) is 16.1 Å². The molecule has 3 heterocycles. The van der Waals surface area contributed by atoms with Gasteiger partial charge in [0.25, 0.3) is 0 Å². The van der Waals surface area contributed by atoms with Crippen LogP contribution in [-0.4, -0.2) is 75.1 Å². The van der Waals surface area contributed by atoms with Gasteiger partial charge in [0.1, 0.15) is 12.7 Å². The average Bonchev–Trinajstić information content (AvgIpc) is 3.42. The minimum atomic E-state index is 0.180. The lowest BCUT2D eigenvalue weighted by Gasteiger charge is -2.32. The molecule has 2 amide bonds. The van der Waals surface area contributed by atoms with E-state index in [1.54, 1.807) is 11.0 Å². The molecule has 1 unspecified atom stereocenters. The van der Waals surface area contributed by atoms with Crippen molar-refractivity contribution in [3.05, 3.63) is 12.7 Å². The van der Waals surface area contributed by atoms with Gasteiger partial charge in [0.2, 0.25) is 11.8 Å². The standard InChI is InChI=1S/C21H36N6O2/c1-2-25-11-3-5-19(25)15-23-20(28)8-7-18-9-13-26(14-10-18)21(29)6-4-12-27-17-22-16-24-27/h16-19H,2-15H2,1H3,(H,23,28). The highest BCUT2D eigenvalue weighted by molar-refractivity contribution is 5.76. The molecule has 162 valence electrons. The van der Waals surface area contributed by atoms with E-state index in [4.69, 9.17) is 0 Å². The Bertz CT molecular complexity index is 627. The second-order valence-corrected chi connectivity index (χ2v) is 8.35. The number of nitrogens with one attached hydrogen (secondary N) is 1. The summed E-state index contributed by atoms with van der Waals surface area (Å²) in [5.41, 5.74) is 0. The van der Waals surface area contributed by atoms with Crippen molar-refractivity contribution in [1.29, 1.82) is 0 Å². The number of rotatable bonds is 10. The maximum absolute atomic E-state index is 12.4. The maximum Gasteiger partial charge on any atom is 0.222 e. The lowest BCUT2D eigenvalue weighted by molar-refractivity contribution is -0.133. The molecule has 0 radical (unpaired) electrons. The Kier molecular flexibility index (Phi) is 8.46. The van der Waals surface area contributed by atoms with Gasteiger partial charge in [-0.25, -0.2) is 4.98 Å². The van der Waals surface area contributed by atoms with E-state index in [0.29, 0.717) is 24.8 Å². The summed E-state index contributed by atoms with van der Waals surface area (Å²) >= 11 is 0. The summed E-state index contributed by atoms with van der Waals surface area (Å²) in [6, 6.07) is 0.516. The van der Waals surface area contributed by atoms with Crippen molar-refractivity contribution in [3.63, 3.8) is 0 Å². The number of hydrogen-bond donors (Lipinski definition) is 1. The fraction of sp³-hybridized carbons (Fsp3) is 0.810. The van der Waals surface area contributed by atoms with Gasteiger partial charge in [-0.15, -0.1) is 0 Å². The van der Waals surface area contributed by atoms with Crippen LogP contribution in [0.5, 0.6) is 0 Å². The van der Waals surface area contributed by atoms with Crippen LogP contribution in [0.1, 0.15) is 58.3 Å². The van der Waals surface area contributed by atoms with E-state index in [2.05, 4.69) is 27.2 Å². The van der Waals surface area contributed by atoms with Crippen LogP contribution < -0.4 is 5.32 Å². The molecule has 3 rings (SSSR count). The Balaban J connectivity index is 1.25. The molecule has 2 aliphatic rings. The van der Waals surface area contributed by atoms with Crippen LogP contribution in [0, 0.1) is 5.92 Å². The summed E-state index contributed by atoms with van der Waals surface area (Å²) in [6.07, 6.45) is 10.5. The number of aryl methyl sites for hydroxylation is 1. The Morgan fingerprint density at radius 1 is 1.14 bits per heavy atom. The number of aromatic nitrogens is 3.